The molecule has 0 unspecified atom stereocenters. The van der Waals surface area contributed by atoms with Gasteiger partial charge < -0.3 is 13.9 Å². The molecule has 0 fully saturated rings. The van der Waals surface area contributed by atoms with Gasteiger partial charge in [0.15, 0.2) is 6.29 Å². The van der Waals surface area contributed by atoms with E-state index in [0.29, 0.717) is 6.29 Å². The quantitative estimate of drug-likeness (QED) is 0.154. The van der Waals surface area contributed by atoms with Crippen molar-refractivity contribution in [1.82, 2.24) is 0 Å². The van der Waals surface area contributed by atoms with Gasteiger partial charge in [0.2, 0.25) is 0 Å². The molecule has 0 bridgehead atoms. The van der Waals surface area contributed by atoms with E-state index >= 15 is 0 Å². The second-order valence-electron chi connectivity index (χ2n) is 5.87. The Kier molecular flexibility index (Phi) is 9.05. The van der Waals surface area contributed by atoms with Crippen molar-refractivity contribution in [2.45, 2.75) is 0 Å². The highest BCUT2D eigenvalue weighted by Gasteiger charge is 2.12. The fraction of sp³-hybridized carbons (Fsp3) is 0. The van der Waals surface area contributed by atoms with Crippen molar-refractivity contribution in [3.8, 4) is 5.75 Å². The highest BCUT2D eigenvalue weighted by Crippen LogP contribution is 2.61. The van der Waals surface area contributed by atoms with E-state index in [4.69, 9.17) is 20.4 Å². The van der Waals surface area contributed by atoms with Crippen molar-refractivity contribution in [3.63, 3.8) is 0 Å². The standard InChI is InChI=1S/C10H4ClFO3.C9H5FO3.Cl3OP/c11-9-6-3-5(12)1-2-8(6)15-10(14)7(9)4-13;10-5-1-2-8-6(3-5)7(11)4-9(12)13-8;1-5(2,3)4/h1-4H;1-4,11H;. The summed E-state index contributed by atoms with van der Waals surface area (Å²) >= 11 is 19.6. The van der Waals surface area contributed by atoms with E-state index in [2.05, 4.69) is 33.7 Å². The number of fused-ring (bicyclic) bond motifs is 2. The monoisotopic (exact) mass is 558 g/mol. The van der Waals surface area contributed by atoms with Crippen LogP contribution in [0.3, 0.4) is 0 Å². The largest absolute Gasteiger partial charge is 0.507 e. The first-order chi connectivity index (χ1) is 15.3. The first kappa shape index (κ1) is 26.8. The zero-order valence-corrected chi connectivity index (χ0v) is 19.6. The van der Waals surface area contributed by atoms with Crippen LogP contribution in [0.15, 0.2) is 60.9 Å². The van der Waals surface area contributed by atoms with Gasteiger partial charge in [-0.15, -0.1) is 0 Å². The van der Waals surface area contributed by atoms with E-state index in [1.165, 1.54) is 12.1 Å². The molecule has 7 nitrogen and oxygen atoms in total. The Bertz CT molecular complexity index is 1490. The molecule has 0 aliphatic heterocycles. The van der Waals surface area contributed by atoms with Crippen LogP contribution in [-0.2, 0) is 4.57 Å². The number of aldehydes is 1. The zero-order chi connectivity index (χ0) is 24.9. The number of hydrogen-bond acceptors (Lipinski definition) is 7. The van der Waals surface area contributed by atoms with E-state index in [1.54, 1.807) is 0 Å². The normalized spacial score (nSPS) is 10.7. The van der Waals surface area contributed by atoms with Gasteiger partial charge >= 0.3 is 16.5 Å². The van der Waals surface area contributed by atoms with Gasteiger partial charge in [0.25, 0.3) is 0 Å². The third-order valence-corrected chi connectivity index (χ3v) is 4.04. The smallest absolute Gasteiger partial charge is 0.348 e. The molecule has 4 rings (SSSR count). The number of carbonyl (C=O) groups excluding carboxylic acids is 1. The summed E-state index contributed by atoms with van der Waals surface area (Å²) in [5, 5.41) is 6.34. The van der Waals surface area contributed by atoms with Crippen LogP contribution in [0.1, 0.15) is 10.4 Å². The maximum absolute atomic E-state index is 12.9. The third-order valence-electron chi connectivity index (χ3n) is 3.64. The van der Waals surface area contributed by atoms with E-state index in [1.807, 2.05) is 0 Å². The molecule has 0 saturated heterocycles. The Morgan fingerprint density at radius 3 is 1.88 bits per heavy atom. The molecular weight excluding hydrogens is 551 g/mol. The van der Waals surface area contributed by atoms with Crippen molar-refractivity contribution in [3.05, 3.63) is 85.5 Å². The van der Waals surface area contributed by atoms with Gasteiger partial charge in [0.05, 0.1) is 16.5 Å². The Morgan fingerprint density at radius 1 is 0.879 bits per heavy atom. The molecule has 2 heterocycles. The summed E-state index contributed by atoms with van der Waals surface area (Å²) < 4.78 is 44.6. The van der Waals surface area contributed by atoms with Crippen LogP contribution in [0.25, 0.3) is 21.9 Å². The van der Waals surface area contributed by atoms with Crippen molar-refractivity contribution >= 4 is 78.7 Å². The Hall–Kier alpha value is -2.42. The molecule has 4 aromatic rings. The molecule has 0 atom stereocenters. The lowest BCUT2D eigenvalue weighted by molar-refractivity contribution is 0.112. The Balaban J connectivity index is 0.000000196. The summed E-state index contributed by atoms with van der Waals surface area (Å²) in [6.45, 7) is 0. The number of halogens is 6. The van der Waals surface area contributed by atoms with Crippen LogP contribution in [0.4, 0.5) is 8.78 Å². The first-order valence-electron chi connectivity index (χ1n) is 8.28. The average molecular weight is 560 g/mol. The van der Waals surface area contributed by atoms with Gasteiger partial charge in [0, 0.05) is 5.39 Å². The predicted molar refractivity (Wildman–Crippen MR) is 122 cm³/mol. The minimum atomic E-state index is -3.22. The lowest BCUT2D eigenvalue weighted by atomic mass is 10.2. The summed E-state index contributed by atoms with van der Waals surface area (Å²) in [7, 11) is 0. The Labute approximate surface area is 201 Å². The number of hydrogen-bond donors (Lipinski definition) is 1. The number of aromatic hydroxyl groups is 1. The van der Waals surface area contributed by atoms with Crippen LogP contribution in [0.5, 0.6) is 5.75 Å². The summed E-state index contributed by atoms with van der Waals surface area (Å²) in [5.41, 5.74) is -1.45. The number of carbonyl (C=O) groups is 1. The van der Waals surface area contributed by atoms with Crippen LogP contribution >= 0.6 is 50.5 Å². The average Bonchev–Trinajstić information content (AvgIpc) is 2.69. The lowest BCUT2D eigenvalue weighted by Gasteiger charge is -2.00. The highest BCUT2D eigenvalue weighted by atomic mass is 36.0. The summed E-state index contributed by atoms with van der Waals surface area (Å²) in [4.78, 5) is 32.5. The molecule has 0 amide bonds. The second-order valence-corrected chi connectivity index (χ2v) is 12.9. The molecule has 1 N–H and O–H groups in total. The van der Waals surface area contributed by atoms with Crippen molar-refractivity contribution in [2.75, 3.05) is 0 Å². The highest BCUT2D eigenvalue weighted by molar-refractivity contribution is 8.24. The van der Waals surface area contributed by atoms with Crippen LogP contribution in [0.2, 0.25) is 5.02 Å². The van der Waals surface area contributed by atoms with Gasteiger partial charge in [-0.3, -0.25) is 9.36 Å². The minimum absolute atomic E-state index is 0.0873. The van der Waals surface area contributed by atoms with E-state index in [9.17, 15) is 32.8 Å². The van der Waals surface area contributed by atoms with Gasteiger partial charge in [-0.05, 0) is 70.1 Å². The molecule has 0 aliphatic carbocycles. The SMILES string of the molecule is O=Cc1c(Cl)c2cc(F)ccc2oc1=O.O=P(Cl)(Cl)Cl.O=c1cc(O)c2cc(F)ccc2o1. The van der Waals surface area contributed by atoms with Crippen LogP contribution in [-0.4, -0.2) is 11.4 Å². The molecule has 0 radical (unpaired) electrons. The zero-order valence-electron chi connectivity index (χ0n) is 15.7. The fourth-order valence-corrected chi connectivity index (χ4v) is 2.64. The molecule has 0 aliphatic rings. The molecule has 14 heteroatoms. The number of rotatable bonds is 1. The van der Waals surface area contributed by atoms with E-state index < -0.39 is 28.1 Å². The van der Waals surface area contributed by atoms with Crippen molar-refractivity contribution < 1.29 is 32.1 Å². The van der Waals surface area contributed by atoms with Crippen LogP contribution in [0, 0.1) is 11.6 Å². The molecule has 174 valence electrons. The topological polar surface area (TPSA) is 115 Å². The summed E-state index contributed by atoms with van der Waals surface area (Å²) in [6, 6.07) is 7.99. The van der Waals surface area contributed by atoms with Crippen LogP contribution < -0.4 is 11.3 Å². The third kappa shape index (κ3) is 7.84. The van der Waals surface area contributed by atoms with Gasteiger partial charge in [-0.25, -0.2) is 18.4 Å². The van der Waals surface area contributed by atoms with Gasteiger partial charge in [0.1, 0.15) is 34.1 Å². The maximum atomic E-state index is 12.9. The maximum Gasteiger partial charge on any atom is 0.348 e. The summed E-state index contributed by atoms with van der Waals surface area (Å²) in [5.74, 6) is -1.28. The van der Waals surface area contributed by atoms with E-state index in [0.717, 1.165) is 30.3 Å². The minimum Gasteiger partial charge on any atom is -0.507 e. The predicted octanol–water partition coefficient (Wildman–Crippen LogP) is 6.85. The van der Waals surface area contributed by atoms with Crippen molar-refractivity contribution in [2.24, 2.45) is 0 Å². The molecule has 0 saturated carbocycles. The van der Waals surface area contributed by atoms with Gasteiger partial charge in [-0.2, -0.15) is 0 Å². The second kappa shape index (κ2) is 11.1. The first-order valence-corrected chi connectivity index (χ1v) is 13.1. The lowest BCUT2D eigenvalue weighted by Crippen LogP contribution is -2.07. The molecule has 33 heavy (non-hydrogen) atoms. The number of benzene rings is 2. The Morgan fingerprint density at radius 2 is 1.36 bits per heavy atom. The molecule has 2 aromatic heterocycles. The molecular formula is C19H9Cl4F2O7P. The molecule has 0 spiro atoms. The van der Waals surface area contributed by atoms with Crippen molar-refractivity contribution in [1.29, 1.82) is 0 Å². The fourth-order valence-electron chi connectivity index (χ4n) is 2.37. The summed E-state index contributed by atoms with van der Waals surface area (Å²) in [6.07, 6.45) is 0.290. The van der Waals surface area contributed by atoms with Gasteiger partial charge in [-0.1, -0.05) is 11.6 Å². The van der Waals surface area contributed by atoms with E-state index in [-0.39, 0.29) is 38.3 Å². The molecule has 2 aromatic carbocycles.